The predicted octanol–water partition coefficient (Wildman–Crippen LogP) is 0.975. The van der Waals surface area contributed by atoms with Crippen molar-refractivity contribution in [2.24, 2.45) is 0 Å². The number of hydrogen-bond donors (Lipinski definition) is 2. The Morgan fingerprint density at radius 1 is 1.44 bits per heavy atom. The molecule has 1 aromatic heterocycles. The Labute approximate surface area is 106 Å². The minimum absolute atomic E-state index is 0.154. The third-order valence-corrected chi connectivity index (χ3v) is 3.03. The zero-order valence-corrected chi connectivity index (χ0v) is 9.89. The molecule has 3 N–H and O–H groups in total. The van der Waals surface area contributed by atoms with Crippen molar-refractivity contribution in [3.63, 3.8) is 0 Å². The molecule has 94 valence electrons. The SMILES string of the molecule is Nn1c(SCC(=O)O)nnc1-c1ccccc1F. The van der Waals surface area contributed by atoms with Crippen LogP contribution in [0.2, 0.25) is 0 Å². The van der Waals surface area contributed by atoms with Crippen LogP contribution in [0.4, 0.5) is 4.39 Å². The van der Waals surface area contributed by atoms with Gasteiger partial charge in [-0.3, -0.25) is 4.79 Å². The summed E-state index contributed by atoms with van der Waals surface area (Å²) in [5.41, 5.74) is 0.217. The molecule has 1 aromatic carbocycles. The summed E-state index contributed by atoms with van der Waals surface area (Å²) in [6.45, 7) is 0. The van der Waals surface area contributed by atoms with Gasteiger partial charge in [-0.1, -0.05) is 23.9 Å². The van der Waals surface area contributed by atoms with Gasteiger partial charge in [0.05, 0.1) is 11.3 Å². The van der Waals surface area contributed by atoms with Crippen LogP contribution < -0.4 is 5.84 Å². The number of aliphatic carboxylic acids is 1. The van der Waals surface area contributed by atoms with Gasteiger partial charge in [0.15, 0.2) is 5.82 Å². The summed E-state index contributed by atoms with van der Waals surface area (Å²) < 4.78 is 14.6. The van der Waals surface area contributed by atoms with Gasteiger partial charge in [0.2, 0.25) is 5.16 Å². The Kier molecular flexibility index (Phi) is 3.47. The number of carbonyl (C=O) groups is 1. The quantitative estimate of drug-likeness (QED) is 0.634. The van der Waals surface area contributed by atoms with Gasteiger partial charge in [0.25, 0.3) is 0 Å². The van der Waals surface area contributed by atoms with E-state index in [2.05, 4.69) is 10.2 Å². The average molecular weight is 268 g/mol. The highest BCUT2D eigenvalue weighted by molar-refractivity contribution is 7.99. The number of carboxylic acid groups (broad SMARTS) is 1. The molecule has 0 spiro atoms. The molecule has 0 atom stereocenters. The Hall–Kier alpha value is -2.09. The standard InChI is InChI=1S/C10H9FN4O2S/c11-7-4-2-1-3-6(7)9-13-14-10(15(9)12)18-5-8(16)17/h1-4H,5,12H2,(H,16,17). The van der Waals surface area contributed by atoms with Crippen LogP contribution in [0.3, 0.4) is 0 Å². The lowest BCUT2D eigenvalue weighted by molar-refractivity contribution is -0.133. The summed E-state index contributed by atoms with van der Waals surface area (Å²) >= 11 is 0.919. The molecule has 2 rings (SSSR count). The fourth-order valence-corrected chi connectivity index (χ4v) is 1.90. The number of nitrogens with zero attached hydrogens (tertiary/aromatic N) is 3. The smallest absolute Gasteiger partial charge is 0.313 e. The first-order valence-corrected chi connectivity index (χ1v) is 5.88. The molecule has 0 aliphatic rings. The first-order valence-electron chi connectivity index (χ1n) is 4.89. The molecule has 0 bridgehead atoms. The lowest BCUT2D eigenvalue weighted by Gasteiger charge is -2.03. The lowest BCUT2D eigenvalue weighted by Crippen LogP contribution is -2.13. The first kappa shape index (κ1) is 12.4. The number of nitrogen functional groups attached to an aromatic ring is 1. The highest BCUT2D eigenvalue weighted by atomic mass is 32.2. The number of aromatic nitrogens is 3. The number of benzene rings is 1. The van der Waals surface area contributed by atoms with Gasteiger partial charge in [0, 0.05) is 0 Å². The molecular formula is C10H9FN4O2S. The summed E-state index contributed by atoms with van der Waals surface area (Å²) in [5, 5.41) is 16.3. The van der Waals surface area contributed by atoms with Crippen molar-refractivity contribution >= 4 is 17.7 Å². The molecular weight excluding hydrogens is 259 g/mol. The maximum absolute atomic E-state index is 13.5. The number of halogens is 1. The number of hydrogen-bond acceptors (Lipinski definition) is 5. The second-order valence-electron chi connectivity index (χ2n) is 3.34. The fraction of sp³-hybridized carbons (Fsp3) is 0.100. The maximum Gasteiger partial charge on any atom is 0.313 e. The Morgan fingerprint density at radius 2 is 2.17 bits per heavy atom. The van der Waals surface area contributed by atoms with Crippen LogP contribution in [-0.2, 0) is 4.79 Å². The van der Waals surface area contributed by atoms with Crippen molar-refractivity contribution < 1.29 is 14.3 Å². The number of rotatable bonds is 4. The molecule has 2 aromatic rings. The van der Waals surface area contributed by atoms with E-state index >= 15 is 0 Å². The molecule has 1 heterocycles. The zero-order chi connectivity index (χ0) is 13.1. The average Bonchev–Trinajstić information content (AvgIpc) is 2.69. The second kappa shape index (κ2) is 5.05. The summed E-state index contributed by atoms with van der Waals surface area (Å²) in [5.74, 6) is 4.21. The molecule has 18 heavy (non-hydrogen) atoms. The van der Waals surface area contributed by atoms with Crippen molar-refractivity contribution in [1.29, 1.82) is 0 Å². The van der Waals surface area contributed by atoms with Crippen LogP contribution in [0.5, 0.6) is 0 Å². The Balaban J connectivity index is 2.31. The molecule has 0 saturated carbocycles. The highest BCUT2D eigenvalue weighted by Crippen LogP contribution is 2.23. The van der Waals surface area contributed by atoms with Crippen LogP contribution in [0.15, 0.2) is 29.4 Å². The predicted molar refractivity (Wildman–Crippen MR) is 63.9 cm³/mol. The third-order valence-electron chi connectivity index (χ3n) is 2.10. The molecule has 0 unspecified atom stereocenters. The van der Waals surface area contributed by atoms with E-state index in [1.807, 2.05) is 0 Å². The topological polar surface area (TPSA) is 94.0 Å². The monoisotopic (exact) mass is 268 g/mol. The van der Waals surface area contributed by atoms with Crippen LogP contribution in [0, 0.1) is 5.82 Å². The van der Waals surface area contributed by atoms with Gasteiger partial charge in [0.1, 0.15) is 5.82 Å². The van der Waals surface area contributed by atoms with Crippen LogP contribution in [-0.4, -0.2) is 31.7 Å². The molecule has 0 aliphatic heterocycles. The molecule has 0 radical (unpaired) electrons. The van der Waals surface area contributed by atoms with Gasteiger partial charge >= 0.3 is 5.97 Å². The number of thioether (sulfide) groups is 1. The lowest BCUT2D eigenvalue weighted by atomic mass is 10.2. The molecule has 0 saturated heterocycles. The second-order valence-corrected chi connectivity index (χ2v) is 4.28. The van der Waals surface area contributed by atoms with Gasteiger partial charge in [-0.2, -0.15) is 0 Å². The van der Waals surface area contributed by atoms with Gasteiger partial charge in [-0.25, -0.2) is 9.07 Å². The normalized spacial score (nSPS) is 10.5. The summed E-state index contributed by atoms with van der Waals surface area (Å²) in [6.07, 6.45) is 0. The molecule has 0 aliphatic carbocycles. The van der Waals surface area contributed by atoms with E-state index in [1.165, 1.54) is 12.1 Å². The van der Waals surface area contributed by atoms with E-state index in [9.17, 15) is 9.18 Å². The summed E-state index contributed by atoms with van der Waals surface area (Å²) in [7, 11) is 0. The molecule has 6 nitrogen and oxygen atoms in total. The van der Waals surface area contributed by atoms with Crippen molar-refractivity contribution in [3.05, 3.63) is 30.1 Å². The largest absolute Gasteiger partial charge is 0.481 e. The van der Waals surface area contributed by atoms with Gasteiger partial charge < -0.3 is 10.9 Å². The van der Waals surface area contributed by atoms with E-state index in [-0.39, 0.29) is 22.3 Å². The number of nitrogens with two attached hydrogens (primary N) is 1. The minimum atomic E-state index is -0.990. The van der Waals surface area contributed by atoms with Crippen molar-refractivity contribution in [2.75, 3.05) is 11.6 Å². The van der Waals surface area contributed by atoms with Crippen molar-refractivity contribution in [2.45, 2.75) is 5.16 Å². The Morgan fingerprint density at radius 3 is 2.83 bits per heavy atom. The van der Waals surface area contributed by atoms with Crippen LogP contribution >= 0.6 is 11.8 Å². The maximum atomic E-state index is 13.5. The first-order chi connectivity index (χ1) is 8.59. The highest BCUT2D eigenvalue weighted by Gasteiger charge is 2.15. The minimum Gasteiger partial charge on any atom is -0.481 e. The van der Waals surface area contributed by atoms with Crippen LogP contribution in [0.1, 0.15) is 0 Å². The van der Waals surface area contributed by atoms with E-state index in [0.717, 1.165) is 16.4 Å². The van der Waals surface area contributed by atoms with Crippen molar-refractivity contribution in [3.8, 4) is 11.4 Å². The van der Waals surface area contributed by atoms with E-state index < -0.39 is 11.8 Å². The van der Waals surface area contributed by atoms with E-state index in [4.69, 9.17) is 10.9 Å². The zero-order valence-electron chi connectivity index (χ0n) is 9.08. The van der Waals surface area contributed by atoms with E-state index in [1.54, 1.807) is 12.1 Å². The summed E-state index contributed by atoms with van der Waals surface area (Å²) in [6, 6.07) is 6.01. The van der Waals surface area contributed by atoms with E-state index in [0.29, 0.717) is 0 Å². The number of carboxylic acids is 1. The fourth-order valence-electron chi connectivity index (χ4n) is 1.33. The van der Waals surface area contributed by atoms with Crippen LogP contribution in [0.25, 0.3) is 11.4 Å². The summed E-state index contributed by atoms with van der Waals surface area (Å²) in [4.78, 5) is 10.4. The molecule has 8 heteroatoms. The Bertz CT molecular complexity index is 587. The van der Waals surface area contributed by atoms with Crippen molar-refractivity contribution in [1.82, 2.24) is 14.9 Å². The molecule has 0 amide bonds. The van der Waals surface area contributed by atoms with Gasteiger partial charge in [-0.15, -0.1) is 10.2 Å². The third kappa shape index (κ3) is 2.43. The molecule has 0 fully saturated rings. The van der Waals surface area contributed by atoms with Gasteiger partial charge in [-0.05, 0) is 12.1 Å².